The Morgan fingerprint density at radius 3 is 2.88 bits per heavy atom. The molecule has 0 saturated heterocycles. The molecule has 0 spiro atoms. The summed E-state index contributed by atoms with van der Waals surface area (Å²) in [5.41, 5.74) is 5.70. The summed E-state index contributed by atoms with van der Waals surface area (Å²) in [6.07, 6.45) is 1.45. The maximum Gasteiger partial charge on any atom is 0.276 e. The molecule has 5 nitrogen and oxygen atoms in total. The molecule has 7 heteroatoms. The lowest BCUT2D eigenvalue weighted by Gasteiger charge is -2.01. The van der Waals surface area contributed by atoms with Gasteiger partial charge in [0, 0.05) is 11.6 Å². The van der Waals surface area contributed by atoms with Gasteiger partial charge < -0.3 is 11.1 Å². The molecule has 2 aromatic heterocycles. The number of nitrogens with two attached hydrogens (primary N) is 1. The van der Waals surface area contributed by atoms with Gasteiger partial charge in [-0.15, -0.1) is 11.3 Å². The fourth-order valence-corrected chi connectivity index (χ4v) is 1.68. The van der Waals surface area contributed by atoms with Crippen LogP contribution in [-0.2, 0) is 0 Å². The van der Waals surface area contributed by atoms with Crippen LogP contribution >= 0.6 is 22.9 Å². The van der Waals surface area contributed by atoms with Crippen LogP contribution in [0.15, 0.2) is 23.7 Å². The average Bonchev–Trinajstić information content (AvgIpc) is 2.68. The van der Waals surface area contributed by atoms with Gasteiger partial charge >= 0.3 is 0 Å². The maximum absolute atomic E-state index is 11.6. The Hall–Kier alpha value is -1.66. The number of carbonyl (C=O) groups is 1. The number of amides is 1. The first-order valence-corrected chi connectivity index (χ1v) is 5.55. The van der Waals surface area contributed by atoms with E-state index in [1.807, 2.05) is 0 Å². The van der Waals surface area contributed by atoms with Crippen molar-refractivity contribution in [3.8, 4) is 0 Å². The largest absolute Gasteiger partial charge is 0.375 e. The smallest absolute Gasteiger partial charge is 0.276 e. The number of nitrogen functional groups attached to an aromatic ring is 1. The molecule has 2 rings (SSSR count). The minimum absolute atomic E-state index is 0.277. The summed E-state index contributed by atoms with van der Waals surface area (Å²) in [6.45, 7) is 0. The van der Waals surface area contributed by atoms with Gasteiger partial charge in [-0.25, -0.2) is 9.97 Å². The fraction of sp³-hybridized carbons (Fsp3) is 0. The van der Waals surface area contributed by atoms with Crippen LogP contribution in [0.2, 0.25) is 5.02 Å². The van der Waals surface area contributed by atoms with Crippen LogP contribution in [0.25, 0.3) is 0 Å². The molecule has 0 bridgehead atoms. The minimum Gasteiger partial charge on any atom is -0.375 e. The number of halogens is 1. The lowest BCUT2D eigenvalue weighted by atomic mass is 10.4. The number of hydrogen-bond donors (Lipinski definition) is 2. The highest BCUT2D eigenvalue weighted by atomic mass is 35.5. The van der Waals surface area contributed by atoms with Gasteiger partial charge in [0.1, 0.15) is 11.5 Å². The van der Waals surface area contributed by atoms with E-state index in [0.717, 1.165) is 0 Å². The number of rotatable bonds is 2. The second-order valence-electron chi connectivity index (χ2n) is 2.89. The van der Waals surface area contributed by atoms with Crippen molar-refractivity contribution in [2.75, 3.05) is 11.1 Å². The molecule has 82 valence electrons. The highest BCUT2D eigenvalue weighted by Crippen LogP contribution is 2.14. The maximum atomic E-state index is 11.6. The second-order valence-corrected chi connectivity index (χ2v) is 4.21. The number of carbonyl (C=O) groups excluding carboxylic acids is 1. The molecule has 0 unspecified atom stereocenters. The van der Waals surface area contributed by atoms with Crippen LogP contribution in [0.4, 0.5) is 10.9 Å². The van der Waals surface area contributed by atoms with E-state index in [1.54, 1.807) is 17.5 Å². The van der Waals surface area contributed by atoms with Gasteiger partial charge in [0.2, 0.25) is 0 Å². The third kappa shape index (κ3) is 2.47. The van der Waals surface area contributed by atoms with Crippen molar-refractivity contribution in [3.05, 3.63) is 34.4 Å². The zero-order valence-corrected chi connectivity index (χ0v) is 9.55. The first kappa shape index (κ1) is 10.8. The predicted octanol–water partition coefficient (Wildman–Crippen LogP) is 2.03. The number of anilines is 2. The predicted molar refractivity (Wildman–Crippen MR) is 63.7 cm³/mol. The lowest BCUT2D eigenvalue weighted by Crippen LogP contribution is -2.13. The molecule has 2 aromatic rings. The van der Waals surface area contributed by atoms with Crippen LogP contribution in [0.5, 0.6) is 0 Å². The Bertz CT molecular complexity index is 510. The van der Waals surface area contributed by atoms with Gasteiger partial charge in [0.05, 0.1) is 5.02 Å². The third-order valence-electron chi connectivity index (χ3n) is 1.72. The van der Waals surface area contributed by atoms with Crippen LogP contribution in [0, 0.1) is 0 Å². The van der Waals surface area contributed by atoms with E-state index in [4.69, 9.17) is 17.3 Å². The topological polar surface area (TPSA) is 80.9 Å². The summed E-state index contributed by atoms with van der Waals surface area (Å²) in [4.78, 5) is 19.4. The summed E-state index contributed by atoms with van der Waals surface area (Å²) in [5, 5.41) is 5.03. The number of nitrogens with one attached hydrogen (secondary N) is 1. The Morgan fingerprint density at radius 1 is 1.50 bits per heavy atom. The van der Waals surface area contributed by atoms with E-state index in [-0.39, 0.29) is 11.6 Å². The zero-order chi connectivity index (χ0) is 11.5. The van der Waals surface area contributed by atoms with Gasteiger partial charge in [-0.2, -0.15) is 0 Å². The number of nitrogens with zero attached hydrogens (tertiary/aromatic N) is 2. The van der Waals surface area contributed by atoms with Crippen LogP contribution in [0.3, 0.4) is 0 Å². The molecule has 0 aliphatic carbocycles. The normalized spacial score (nSPS) is 10.1. The molecule has 3 N–H and O–H groups in total. The molecule has 16 heavy (non-hydrogen) atoms. The molecular weight excluding hydrogens is 248 g/mol. The van der Waals surface area contributed by atoms with Crippen molar-refractivity contribution in [1.29, 1.82) is 0 Å². The Balaban J connectivity index is 2.10. The van der Waals surface area contributed by atoms with Crippen molar-refractivity contribution >= 4 is 39.8 Å². The van der Waals surface area contributed by atoms with Crippen molar-refractivity contribution < 1.29 is 4.79 Å². The van der Waals surface area contributed by atoms with Crippen molar-refractivity contribution in [2.45, 2.75) is 0 Å². The van der Waals surface area contributed by atoms with E-state index in [1.165, 1.54) is 17.5 Å². The van der Waals surface area contributed by atoms with E-state index in [9.17, 15) is 4.79 Å². The number of pyridine rings is 1. The van der Waals surface area contributed by atoms with Gasteiger partial charge in [-0.05, 0) is 12.1 Å². The molecule has 0 aliphatic rings. The Labute approximate surface area is 100 Å². The Morgan fingerprint density at radius 2 is 2.31 bits per heavy atom. The van der Waals surface area contributed by atoms with Crippen molar-refractivity contribution in [1.82, 2.24) is 9.97 Å². The van der Waals surface area contributed by atoms with E-state index < -0.39 is 0 Å². The molecule has 0 radical (unpaired) electrons. The van der Waals surface area contributed by atoms with E-state index >= 15 is 0 Å². The standard InChI is InChI=1S/C9H7ClN4OS/c10-5-1-2-7(12-3-5)14-8(15)6-4-16-9(11)13-6/h1-4H,(H2,11,13)(H,12,14,15). The Kier molecular flexibility index (Phi) is 3.02. The van der Waals surface area contributed by atoms with Crippen LogP contribution in [-0.4, -0.2) is 15.9 Å². The first-order chi connectivity index (χ1) is 7.65. The summed E-state index contributed by atoms with van der Waals surface area (Å²) >= 11 is 6.88. The molecule has 0 fully saturated rings. The quantitative estimate of drug-likeness (QED) is 0.859. The molecule has 0 saturated carbocycles. The van der Waals surface area contributed by atoms with Crippen LogP contribution < -0.4 is 11.1 Å². The highest BCUT2D eigenvalue weighted by Gasteiger charge is 2.10. The zero-order valence-electron chi connectivity index (χ0n) is 7.98. The van der Waals surface area contributed by atoms with Gasteiger partial charge in [-0.3, -0.25) is 4.79 Å². The van der Waals surface area contributed by atoms with Gasteiger partial charge in [0.25, 0.3) is 5.91 Å². The first-order valence-electron chi connectivity index (χ1n) is 4.29. The fourth-order valence-electron chi connectivity index (χ4n) is 1.02. The molecule has 1 amide bonds. The summed E-state index contributed by atoms with van der Waals surface area (Å²) < 4.78 is 0. The number of thiazole rings is 1. The van der Waals surface area contributed by atoms with E-state index in [0.29, 0.717) is 16.0 Å². The molecule has 2 heterocycles. The number of hydrogen-bond acceptors (Lipinski definition) is 5. The van der Waals surface area contributed by atoms with Crippen LogP contribution in [0.1, 0.15) is 10.5 Å². The minimum atomic E-state index is -0.345. The summed E-state index contributed by atoms with van der Waals surface area (Å²) in [5.74, 6) is 0.0729. The second kappa shape index (κ2) is 4.46. The summed E-state index contributed by atoms with van der Waals surface area (Å²) in [6, 6.07) is 3.25. The van der Waals surface area contributed by atoms with Gasteiger partial charge in [0.15, 0.2) is 5.13 Å². The highest BCUT2D eigenvalue weighted by molar-refractivity contribution is 7.13. The van der Waals surface area contributed by atoms with Crippen molar-refractivity contribution in [3.63, 3.8) is 0 Å². The molecule has 0 aromatic carbocycles. The number of aromatic nitrogens is 2. The average molecular weight is 255 g/mol. The third-order valence-corrected chi connectivity index (χ3v) is 2.62. The monoisotopic (exact) mass is 254 g/mol. The molecular formula is C9H7ClN4OS. The van der Waals surface area contributed by atoms with Gasteiger partial charge in [-0.1, -0.05) is 11.6 Å². The summed E-state index contributed by atoms with van der Waals surface area (Å²) in [7, 11) is 0. The van der Waals surface area contributed by atoms with Crippen molar-refractivity contribution in [2.24, 2.45) is 0 Å². The van der Waals surface area contributed by atoms with E-state index in [2.05, 4.69) is 15.3 Å². The lowest BCUT2D eigenvalue weighted by molar-refractivity contribution is 0.102. The molecule has 0 aliphatic heterocycles. The SMILES string of the molecule is Nc1nc(C(=O)Nc2ccc(Cl)cn2)cs1. The molecule has 0 atom stereocenters.